The van der Waals surface area contributed by atoms with Crippen LogP contribution in [0.3, 0.4) is 0 Å². The second-order valence-electron chi connectivity index (χ2n) is 6.72. The quantitative estimate of drug-likeness (QED) is 0.287. The van der Waals surface area contributed by atoms with Crippen LogP contribution in [0.25, 0.3) is 5.76 Å². The fourth-order valence-corrected chi connectivity index (χ4v) is 3.79. The first kappa shape index (κ1) is 20.5. The van der Waals surface area contributed by atoms with Gasteiger partial charge in [-0.3, -0.25) is 14.5 Å². The highest BCUT2D eigenvalue weighted by Crippen LogP contribution is 2.43. The number of hydrogen-bond donors (Lipinski definition) is 1. The number of rotatable bonds is 3. The van der Waals surface area contributed by atoms with Crippen LogP contribution in [0.1, 0.15) is 23.1 Å². The molecule has 0 spiro atoms. The highest BCUT2D eigenvalue weighted by molar-refractivity contribution is 6.51. The number of amides is 1. The Balaban J connectivity index is 1.94. The van der Waals surface area contributed by atoms with E-state index in [-0.39, 0.29) is 21.9 Å². The Morgan fingerprint density at radius 1 is 0.967 bits per heavy atom. The third kappa shape index (κ3) is 3.49. The molecule has 1 aliphatic heterocycles. The average Bonchev–Trinajstić information content (AvgIpc) is 3.26. The Kier molecular flexibility index (Phi) is 5.36. The van der Waals surface area contributed by atoms with Gasteiger partial charge in [0, 0.05) is 16.3 Å². The number of halogens is 3. The molecule has 5 nitrogen and oxygen atoms in total. The molecule has 2 aromatic carbocycles. The number of hydrogen-bond acceptors (Lipinski definition) is 4. The summed E-state index contributed by atoms with van der Waals surface area (Å²) in [4.78, 5) is 27.2. The van der Waals surface area contributed by atoms with Crippen molar-refractivity contribution in [3.05, 3.63) is 92.3 Å². The molecule has 3 aromatic rings. The van der Waals surface area contributed by atoms with Crippen LogP contribution >= 0.6 is 34.8 Å². The lowest BCUT2D eigenvalue weighted by atomic mass is 9.99. The van der Waals surface area contributed by atoms with E-state index in [1.807, 2.05) is 0 Å². The first-order chi connectivity index (χ1) is 14.3. The van der Waals surface area contributed by atoms with E-state index in [0.29, 0.717) is 27.3 Å². The van der Waals surface area contributed by atoms with Gasteiger partial charge in [0.25, 0.3) is 11.7 Å². The molecule has 1 N–H and O–H groups in total. The number of carbonyl (C=O) groups is 2. The van der Waals surface area contributed by atoms with E-state index in [1.54, 1.807) is 43.3 Å². The topological polar surface area (TPSA) is 70.8 Å². The predicted octanol–water partition coefficient (Wildman–Crippen LogP) is 6.17. The van der Waals surface area contributed by atoms with E-state index in [2.05, 4.69) is 0 Å². The van der Waals surface area contributed by atoms with Gasteiger partial charge in [0.15, 0.2) is 0 Å². The summed E-state index contributed by atoms with van der Waals surface area (Å²) in [6.45, 7) is 1.75. The van der Waals surface area contributed by atoms with Crippen molar-refractivity contribution < 1.29 is 19.1 Å². The van der Waals surface area contributed by atoms with Gasteiger partial charge in [0.05, 0.1) is 15.6 Å². The van der Waals surface area contributed by atoms with Crippen molar-refractivity contribution in [1.82, 2.24) is 0 Å². The molecule has 30 heavy (non-hydrogen) atoms. The fraction of sp³-hybridized carbons (Fsp3) is 0.0909. The molecule has 4 rings (SSSR count). The number of ketones is 1. The van der Waals surface area contributed by atoms with Gasteiger partial charge in [-0.1, -0.05) is 34.8 Å². The first-order valence-corrected chi connectivity index (χ1v) is 9.99. The Bertz CT molecular complexity index is 1200. The highest BCUT2D eigenvalue weighted by Gasteiger charge is 2.48. The normalized spacial score (nSPS) is 18.3. The lowest BCUT2D eigenvalue weighted by molar-refractivity contribution is -0.132. The van der Waals surface area contributed by atoms with Crippen LogP contribution in [0.2, 0.25) is 15.1 Å². The minimum Gasteiger partial charge on any atom is -0.507 e. The summed E-state index contributed by atoms with van der Waals surface area (Å²) in [6, 6.07) is 13.3. The van der Waals surface area contributed by atoms with Gasteiger partial charge in [-0.05, 0) is 61.5 Å². The van der Waals surface area contributed by atoms with Crippen molar-refractivity contribution in [3.63, 3.8) is 0 Å². The maximum absolute atomic E-state index is 13.0. The Morgan fingerprint density at radius 3 is 2.27 bits per heavy atom. The summed E-state index contributed by atoms with van der Waals surface area (Å²) in [5.74, 6) is -1.07. The summed E-state index contributed by atoms with van der Waals surface area (Å²) in [5.41, 5.74) is 0.586. The lowest BCUT2D eigenvalue weighted by Crippen LogP contribution is -2.29. The van der Waals surface area contributed by atoms with E-state index in [9.17, 15) is 14.7 Å². The van der Waals surface area contributed by atoms with Crippen molar-refractivity contribution in [1.29, 1.82) is 0 Å². The number of nitrogens with zero attached hydrogens (tertiary/aromatic N) is 1. The standard InChI is InChI=1S/C22H14Cl3NO4/c1-11-2-9-17(30-11)19-18(20(27)12-3-8-15(24)16(25)10-12)21(28)22(29)26(19)14-6-4-13(23)5-7-14/h2-10,19,27H,1H3/b20-18-. The molecular formula is C22H14Cl3NO4. The molecule has 0 bridgehead atoms. The molecule has 1 unspecified atom stereocenters. The fourth-order valence-electron chi connectivity index (χ4n) is 3.37. The summed E-state index contributed by atoms with van der Waals surface area (Å²) >= 11 is 18.0. The van der Waals surface area contributed by atoms with Gasteiger partial charge >= 0.3 is 0 Å². The third-order valence-corrected chi connectivity index (χ3v) is 5.76. The Hall–Kier alpha value is -2.73. The number of aliphatic hydroxyl groups is 1. The molecular weight excluding hydrogens is 449 g/mol. The van der Waals surface area contributed by atoms with Crippen LogP contribution in [-0.2, 0) is 9.59 Å². The number of furan rings is 1. The predicted molar refractivity (Wildman–Crippen MR) is 116 cm³/mol. The van der Waals surface area contributed by atoms with Crippen LogP contribution in [0.5, 0.6) is 0 Å². The van der Waals surface area contributed by atoms with E-state index in [0.717, 1.165) is 0 Å². The van der Waals surface area contributed by atoms with E-state index >= 15 is 0 Å². The SMILES string of the molecule is Cc1ccc(C2/C(=C(/O)c3ccc(Cl)c(Cl)c3)C(=O)C(=O)N2c2ccc(Cl)cc2)o1. The van der Waals surface area contributed by atoms with Crippen LogP contribution in [0, 0.1) is 6.92 Å². The van der Waals surface area contributed by atoms with Gasteiger partial charge in [-0.25, -0.2) is 0 Å². The molecule has 152 valence electrons. The molecule has 1 saturated heterocycles. The lowest BCUT2D eigenvalue weighted by Gasteiger charge is -2.23. The molecule has 1 amide bonds. The highest BCUT2D eigenvalue weighted by atomic mass is 35.5. The monoisotopic (exact) mass is 461 g/mol. The number of aryl methyl sites for hydroxylation is 1. The summed E-state index contributed by atoms with van der Waals surface area (Å²) in [6.07, 6.45) is 0. The largest absolute Gasteiger partial charge is 0.507 e. The minimum absolute atomic E-state index is 0.109. The van der Waals surface area contributed by atoms with Crippen LogP contribution in [0.4, 0.5) is 5.69 Å². The first-order valence-electron chi connectivity index (χ1n) is 8.86. The Morgan fingerprint density at radius 2 is 1.67 bits per heavy atom. The van der Waals surface area contributed by atoms with Crippen molar-refractivity contribution in [2.75, 3.05) is 4.90 Å². The van der Waals surface area contributed by atoms with Crippen LogP contribution < -0.4 is 4.90 Å². The van der Waals surface area contributed by atoms with Gasteiger partial charge < -0.3 is 9.52 Å². The smallest absolute Gasteiger partial charge is 0.300 e. The third-order valence-electron chi connectivity index (χ3n) is 4.77. The molecule has 2 heterocycles. The molecule has 1 atom stereocenters. The second-order valence-corrected chi connectivity index (χ2v) is 7.97. The summed E-state index contributed by atoms with van der Waals surface area (Å²) in [7, 11) is 0. The number of benzene rings is 2. The summed E-state index contributed by atoms with van der Waals surface area (Å²) < 4.78 is 5.73. The maximum Gasteiger partial charge on any atom is 0.300 e. The number of anilines is 1. The van der Waals surface area contributed by atoms with Crippen LogP contribution in [-0.4, -0.2) is 16.8 Å². The molecule has 0 saturated carbocycles. The maximum atomic E-state index is 13.0. The summed E-state index contributed by atoms with van der Waals surface area (Å²) in [5, 5.41) is 12.0. The minimum atomic E-state index is -0.964. The van der Waals surface area contributed by atoms with Crippen molar-refractivity contribution in [3.8, 4) is 0 Å². The van der Waals surface area contributed by atoms with E-state index in [4.69, 9.17) is 39.2 Å². The number of Topliss-reactive ketones (excluding diaryl/α,β-unsaturated/α-hetero) is 1. The van der Waals surface area contributed by atoms with Gasteiger partial charge in [-0.15, -0.1) is 0 Å². The molecule has 0 radical (unpaired) electrons. The van der Waals surface area contributed by atoms with Crippen molar-refractivity contribution in [2.24, 2.45) is 0 Å². The van der Waals surface area contributed by atoms with Crippen molar-refractivity contribution in [2.45, 2.75) is 13.0 Å². The zero-order valence-corrected chi connectivity index (χ0v) is 17.8. The zero-order chi connectivity index (χ0) is 21.6. The molecule has 0 aliphatic carbocycles. The van der Waals surface area contributed by atoms with Gasteiger partial charge in [0.1, 0.15) is 23.3 Å². The Labute approximate surface area is 187 Å². The molecule has 1 fully saturated rings. The average molecular weight is 463 g/mol. The van der Waals surface area contributed by atoms with Gasteiger partial charge in [-0.2, -0.15) is 0 Å². The number of carbonyl (C=O) groups excluding carboxylic acids is 2. The molecule has 8 heteroatoms. The number of aliphatic hydroxyl groups excluding tert-OH is 1. The second kappa shape index (κ2) is 7.84. The molecule has 1 aromatic heterocycles. The molecule has 1 aliphatic rings. The van der Waals surface area contributed by atoms with Crippen LogP contribution in [0.15, 0.2) is 64.6 Å². The van der Waals surface area contributed by atoms with E-state index in [1.165, 1.54) is 23.1 Å². The zero-order valence-electron chi connectivity index (χ0n) is 15.5. The van der Waals surface area contributed by atoms with Gasteiger partial charge in [0.2, 0.25) is 0 Å². The van der Waals surface area contributed by atoms with E-state index < -0.39 is 17.7 Å². The van der Waals surface area contributed by atoms with Crippen molar-refractivity contribution >= 4 is 57.9 Å².